The zero-order chi connectivity index (χ0) is 13.0. The minimum Gasteiger partial charge on any atom is -0.461 e. The number of pyridine rings is 1. The molecule has 0 aliphatic heterocycles. The minimum absolute atomic E-state index is 0.0388. The van der Waals surface area contributed by atoms with Gasteiger partial charge in [-0.25, -0.2) is 9.78 Å². The zero-order valence-corrected chi connectivity index (χ0v) is 9.44. The van der Waals surface area contributed by atoms with Crippen LogP contribution in [-0.4, -0.2) is 17.6 Å². The fourth-order valence-electron chi connectivity index (χ4n) is 1.33. The van der Waals surface area contributed by atoms with Crippen molar-refractivity contribution >= 4 is 11.7 Å². The second-order valence-electron chi connectivity index (χ2n) is 3.15. The van der Waals surface area contributed by atoms with Crippen molar-refractivity contribution in [1.29, 1.82) is 10.5 Å². The van der Waals surface area contributed by atoms with E-state index in [4.69, 9.17) is 21.0 Å². The highest BCUT2D eigenvalue weighted by Crippen LogP contribution is 2.22. The molecule has 0 bridgehead atoms. The molecular formula is C11H10N4O2. The van der Waals surface area contributed by atoms with Crippen LogP contribution in [0.2, 0.25) is 0 Å². The first kappa shape index (κ1) is 12.5. The van der Waals surface area contributed by atoms with Crippen LogP contribution in [0.1, 0.15) is 34.2 Å². The summed E-state index contributed by atoms with van der Waals surface area (Å²) in [4.78, 5) is 15.4. The van der Waals surface area contributed by atoms with Gasteiger partial charge in [0.2, 0.25) is 0 Å². The quantitative estimate of drug-likeness (QED) is 0.755. The van der Waals surface area contributed by atoms with Crippen LogP contribution in [0.4, 0.5) is 5.69 Å². The molecule has 6 heteroatoms. The van der Waals surface area contributed by atoms with E-state index in [1.807, 2.05) is 6.07 Å². The molecule has 17 heavy (non-hydrogen) atoms. The molecule has 0 saturated heterocycles. The van der Waals surface area contributed by atoms with Crippen molar-refractivity contribution in [1.82, 2.24) is 4.98 Å². The maximum Gasteiger partial charge on any atom is 0.359 e. The number of carbonyl (C=O) groups is 1. The molecule has 0 saturated carbocycles. The van der Waals surface area contributed by atoms with Gasteiger partial charge in [-0.15, -0.1) is 0 Å². The van der Waals surface area contributed by atoms with Gasteiger partial charge in [-0.1, -0.05) is 0 Å². The average molecular weight is 230 g/mol. The van der Waals surface area contributed by atoms with Gasteiger partial charge in [0.25, 0.3) is 0 Å². The van der Waals surface area contributed by atoms with Gasteiger partial charge in [0.15, 0.2) is 5.69 Å². The van der Waals surface area contributed by atoms with E-state index in [0.29, 0.717) is 0 Å². The number of nitrogen functional groups attached to an aromatic ring is 1. The minimum atomic E-state index is -0.700. The Morgan fingerprint density at radius 1 is 1.41 bits per heavy atom. The lowest BCUT2D eigenvalue weighted by Crippen LogP contribution is -2.14. The van der Waals surface area contributed by atoms with Gasteiger partial charge in [-0.3, -0.25) is 0 Å². The molecule has 0 unspecified atom stereocenters. The van der Waals surface area contributed by atoms with Gasteiger partial charge in [0.1, 0.15) is 12.1 Å². The van der Waals surface area contributed by atoms with E-state index in [1.54, 1.807) is 13.0 Å². The van der Waals surface area contributed by atoms with Gasteiger partial charge in [0, 0.05) is 0 Å². The molecule has 0 amide bonds. The number of nitriles is 2. The molecule has 0 aliphatic carbocycles. The first-order valence-corrected chi connectivity index (χ1v) is 4.84. The molecule has 1 heterocycles. The number of ether oxygens (including phenoxy) is 1. The van der Waals surface area contributed by atoms with Crippen molar-refractivity contribution in [3.8, 4) is 12.1 Å². The molecule has 0 atom stereocenters. The van der Waals surface area contributed by atoms with Crippen LogP contribution < -0.4 is 5.73 Å². The van der Waals surface area contributed by atoms with E-state index in [9.17, 15) is 4.79 Å². The first-order chi connectivity index (χ1) is 8.06. The fraction of sp³-hybridized carbons (Fsp3) is 0.273. The predicted molar refractivity (Wildman–Crippen MR) is 58.8 cm³/mol. The lowest BCUT2D eigenvalue weighted by Gasteiger charge is -2.08. The van der Waals surface area contributed by atoms with Crippen LogP contribution in [0.5, 0.6) is 0 Å². The van der Waals surface area contributed by atoms with Crippen LogP contribution in [0.3, 0.4) is 0 Å². The summed E-state index contributed by atoms with van der Waals surface area (Å²) >= 11 is 0. The topological polar surface area (TPSA) is 113 Å². The number of aromatic nitrogens is 1. The van der Waals surface area contributed by atoms with E-state index >= 15 is 0 Å². The number of nitrogens with zero attached hydrogens (tertiary/aromatic N) is 3. The monoisotopic (exact) mass is 230 g/mol. The third kappa shape index (κ3) is 2.16. The molecule has 1 aromatic rings. The van der Waals surface area contributed by atoms with Crippen molar-refractivity contribution in [3.63, 3.8) is 0 Å². The molecule has 0 fully saturated rings. The Hall–Kier alpha value is -2.60. The molecule has 6 nitrogen and oxygen atoms in total. The molecule has 0 radical (unpaired) electrons. The van der Waals surface area contributed by atoms with Crippen LogP contribution in [-0.2, 0) is 4.74 Å². The van der Waals surface area contributed by atoms with Gasteiger partial charge in [-0.2, -0.15) is 10.5 Å². The zero-order valence-electron chi connectivity index (χ0n) is 9.44. The number of aryl methyl sites for hydroxylation is 1. The lowest BCUT2D eigenvalue weighted by atomic mass is 10.1. The van der Waals surface area contributed by atoms with Gasteiger partial charge in [-0.05, 0) is 13.8 Å². The van der Waals surface area contributed by atoms with Crippen LogP contribution in [0.15, 0.2) is 0 Å². The van der Waals surface area contributed by atoms with Crippen LogP contribution in [0, 0.1) is 29.6 Å². The van der Waals surface area contributed by atoms with Crippen LogP contribution in [0.25, 0.3) is 0 Å². The average Bonchev–Trinajstić information content (AvgIpc) is 2.31. The van der Waals surface area contributed by atoms with E-state index in [0.717, 1.165) is 0 Å². The number of esters is 1. The summed E-state index contributed by atoms with van der Waals surface area (Å²) in [6.45, 7) is 3.36. The lowest BCUT2D eigenvalue weighted by molar-refractivity contribution is 0.0520. The number of carbonyl (C=O) groups excluding carboxylic acids is 1. The van der Waals surface area contributed by atoms with Gasteiger partial charge in [0.05, 0.1) is 29.1 Å². The predicted octanol–water partition coefficient (Wildman–Crippen LogP) is 0.892. The summed E-state index contributed by atoms with van der Waals surface area (Å²) in [5, 5.41) is 17.8. The number of hydrogen-bond donors (Lipinski definition) is 1. The third-order valence-corrected chi connectivity index (χ3v) is 2.11. The summed E-state index contributed by atoms with van der Waals surface area (Å²) in [7, 11) is 0. The summed E-state index contributed by atoms with van der Waals surface area (Å²) in [5.41, 5.74) is 5.71. The van der Waals surface area contributed by atoms with E-state index in [2.05, 4.69) is 4.98 Å². The smallest absolute Gasteiger partial charge is 0.359 e. The number of hydrogen-bond acceptors (Lipinski definition) is 6. The number of anilines is 1. The summed E-state index contributed by atoms with van der Waals surface area (Å²) in [6, 6.07) is 3.63. The second kappa shape index (κ2) is 4.95. The SMILES string of the molecule is CCOC(=O)c1nc(C)c(C#N)c(C#N)c1N. The van der Waals surface area contributed by atoms with E-state index < -0.39 is 5.97 Å². The Morgan fingerprint density at radius 2 is 2.00 bits per heavy atom. The largest absolute Gasteiger partial charge is 0.461 e. The summed E-state index contributed by atoms with van der Waals surface area (Å²) < 4.78 is 4.76. The Kier molecular flexibility index (Phi) is 3.63. The fourth-order valence-corrected chi connectivity index (χ4v) is 1.33. The van der Waals surface area contributed by atoms with Gasteiger partial charge >= 0.3 is 5.97 Å². The Morgan fingerprint density at radius 3 is 2.47 bits per heavy atom. The Labute approximate surface area is 98.2 Å². The Bertz CT molecular complexity index is 552. The highest BCUT2D eigenvalue weighted by Gasteiger charge is 2.21. The van der Waals surface area contributed by atoms with E-state index in [-0.39, 0.29) is 34.8 Å². The van der Waals surface area contributed by atoms with Crippen LogP contribution >= 0.6 is 0 Å². The molecular weight excluding hydrogens is 220 g/mol. The first-order valence-electron chi connectivity index (χ1n) is 4.84. The summed E-state index contributed by atoms with van der Waals surface area (Å²) in [5.74, 6) is -0.700. The molecule has 2 N–H and O–H groups in total. The molecule has 0 aliphatic rings. The van der Waals surface area contributed by atoms with Gasteiger partial charge < -0.3 is 10.5 Å². The highest BCUT2D eigenvalue weighted by atomic mass is 16.5. The van der Waals surface area contributed by atoms with Crippen molar-refractivity contribution < 1.29 is 9.53 Å². The van der Waals surface area contributed by atoms with Crippen molar-refractivity contribution in [2.24, 2.45) is 0 Å². The van der Waals surface area contributed by atoms with E-state index in [1.165, 1.54) is 6.92 Å². The second-order valence-corrected chi connectivity index (χ2v) is 3.15. The molecule has 0 aromatic carbocycles. The molecule has 86 valence electrons. The maximum atomic E-state index is 11.5. The maximum absolute atomic E-state index is 11.5. The number of nitrogens with two attached hydrogens (primary N) is 1. The normalized spacial score (nSPS) is 9.18. The number of rotatable bonds is 2. The summed E-state index contributed by atoms with van der Waals surface area (Å²) in [6.07, 6.45) is 0. The highest BCUT2D eigenvalue weighted by molar-refractivity contribution is 5.95. The van der Waals surface area contributed by atoms with Crippen molar-refractivity contribution in [3.05, 3.63) is 22.5 Å². The molecule has 1 rings (SSSR count). The molecule has 1 aromatic heterocycles. The standard InChI is InChI=1S/C11H10N4O2/c1-3-17-11(16)10-9(14)8(5-13)7(4-12)6(2)15-10/h3,14H2,1-2H3. The third-order valence-electron chi connectivity index (χ3n) is 2.11. The Balaban J connectivity index is 3.49. The molecule has 0 spiro atoms. The van der Waals surface area contributed by atoms with Crippen molar-refractivity contribution in [2.45, 2.75) is 13.8 Å². The van der Waals surface area contributed by atoms with Crippen molar-refractivity contribution in [2.75, 3.05) is 12.3 Å².